The maximum atomic E-state index is 12.3. The Hall–Kier alpha value is -2.50. The number of methoxy groups -OCH3 is 1. The van der Waals surface area contributed by atoms with E-state index in [1.807, 2.05) is 51.1 Å². The third-order valence-corrected chi connectivity index (χ3v) is 3.45. The van der Waals surface area contributed by atoms with Crippen LogP contribution in [-0.2, 0) is 5.41 Å². The third kappa shape index (κ3) is 4.75. The van der Waals surface area contributed by atoms with Crippen molar-refractivity contribution in [2.24, 2.45) is 0 Å². The smallest absolute Gasteiger partial charge is 0.329 e. The summed E-state index contributed by atoms with van der Waals surface area (Å²) >= 11 is 0. The fraction of sp³-hybridized carbons (Fsp3) is 0.444. The molecule has 24 heavy (non-hydrogen) atoms. The molecule has 0 unspecified atom stereocenters. The number of hydrogen-bond acceptors (Lipinski definition) is 4. The lowest BCUT2D eigenvalue weighted by Gasteiger charge is -2.13. The lowest BCUT2D eigenvalue weighted by Crippen LogP contribution is -2.30. The highest BCUT2D eigenvalue weighted by molar-refractivity contribution is 5.78. The minimum absolute atomic E-state index is 0.150. The Labute approximate surface area is 142 Å². The van der Waals surface area contributed by atoms with E-state index in [1.54, 1.807) is 6.20 Å². The Morgan fingerprint density at radius 1 is 1.25 bits per heavy atom. The van der Waals surface area contributed by atoms with Gasteiger partial charge in [0.1, 0.15) is 5.75 Å². The van der Waals surface area contributed by atoms with Crippen LogP contribution in [0.1, 0.15) is 32.9 Å². The highest BCUT2D eigenvalue weighted by Gasteiger charge is 2.22. The predicted octanol–water partition coefficient (Wildman–Crippen LogP) is 3.22. The number of ether oxygens (including phenoxy) is 2. The van der Waals surface area contributed by atoms with Gasteiger partial charge in [0, 0.05) is 18.2 Å². The van der Waals surface area contributed by atoms with Crippen molar-refractivity contribution in [1.29, 1.82) is 0 Å². The molecule has 0 bridgehead atoms. The molecule has 2 rings (SSSR count). The number of amides is 1. The summed E-state index contributed by atoms with van der Waals surface area (Å²) < 4.78 is 12.2. The van der Waals surface area contributed by atoms with Gasteiger partial charge < -0.3 is 14.8 Å². The number of rotatable bonds is 6. The molecule has 0 saturated heterocycles. The summed E-state index contributed by atoms with van der Waals surface area (Å²) in [5, 5.41) is 2.85. The number of aromatic nitrogens is 2. The molecule has 0 radical (unpaired) electrons. The van der Waals surface area contributed by atoms with Crippen LogP contribution in [0.2, 0.25) is 0 Å². The van der Waals surface area contributed by atoms with Crippen molar-refractivity contribution >= 4 is 6.03 Å². The summed E-state index contributed by atoms with van der Waals surface area (Å²) in [7, 11) is 1.51. The van der Waals surface area contributed by atoms with E-state index in [0.717, 1.165) is 11.4 Å². The largest absolute Gasteiger partial charge is 0.494 e. The average Bonchev–Trinajstić information content (AvgIpc) is 3.00. The Morgan fingerprint density at radius 2 is 1.96 bits per heavy atom. The van der Waals surface area contributed by atoms with Crippen LogP contribution >= 0.6 is 0 Å². The lowest BCUT2D eigenvalue weighted by atomic mass is 9.93. The lowest BCUT2D eigenvalue weighted by molar-refractivity contribution is 0.236. The Kier molecular flexibility index (Phi) is 5.84. The molecule has 0 saturated carbocycles. The number of carbonyl (C=O) groups excluding carboxylic acids is 1. The molecule has 2 aromatic rings. The van der Waals surface area contributed by atoms with E-state index in [0.29, 0.717) is 19.6 Å². The molecular formula is C18H25N3O3. The van der Waals surface area contributed by atoms with Crippen LogP contribution in [0, 0.1) is 0 Å². The van der Waals surface area contributed by atoms with E-state index in [9.17, 15) is 4.79 Å². The van der Waals surface area contributed by atoms with Gasteiger partial charge in [-0.1, -0.05) is 39.0 Å². The molecule has 0 spiro atoms. The van der Waals surface area contributed by atoms with Crippen molar-refractivity contribution in [2.45, 2.75) is 32.6 Å². The van der Waals surface area contributed by atoms with Crippen LogP contribution in [0.15, 0.2) is 36.5 Å². The average molecular weight is 331 g/mol. The molecule has 0 atom stereocenters. The predicted molar refractivity (Wildman–Crippen MR) is 92.8 cm³/mol. The van der Waals surface area contributed by atoms with Gasteiger partial charge in [0.15, 0.2) is 0 Å². The maximum Gasteiger partial charge on any atom is 0.329 e. The topological polar surface area (TPSA) is 65.4 Å². The van der Waals surface area contributed by atoms with E-state index in [1.165, 1.54) is 11.7 Å². The normalized spacial score (nSPS) is 11.2. The zero-order chi connectivity index (χ0) is 17.6. The summed E-state index contributed by atoms with van der Waals surface area (Å²) in [5.41, 5.74) is 0.657. The van der Waals surface area contributed by atoms with Crippen LogP contribution < -0.4 is 14.8 Å². The molecule has 1 aromatic heterocycles. The molecule has 0 fully saturated rings. The second-order valence-corrected chi connectivity index (χ2v) is 6.48. The molecule has 1 amide bonds. The number of benzene rings is 1. The van der Waals surface area contributed by atoms with Gasteiger partial charge in [-0.15, -0.1) is 0 Å². The van der Waals surface area contributed by atoms with Crippen molar-refractivity contribution in [2.75, 3.05) is 20.3 Å². The van der Waals surface area contributed by atoms with Crippen molar-refractivity contribution in [3.05, 3.63) is 42.2 Å². The van der Waals surface area contributed by atoms with Gasteiger partial charge >= 0.3 is 12.0 Å². The third-order valence-electron chi connectivity index (χ3n) is 3.45. The van der Waals surface area contributed by atoms with Crippen LogP contribution in [0.25, 0.3) is 0 Å². The van der Waals surface area contributed by atoms with E-state index >= 15 is 0 Å². The first-order valence-electron chi connectivity index (χ1n) is 8.01. The van der Waals surface area contributed by atoms with Crippen LogP contribution in [0.5, 0.6) is 11.8 Å². The van der Waals surface area contributed by atoms with Crippen molar-refractivity contribution in [3.63, 3.8) is 0 Å². The minimum atomic E-state index is -0.255. The molecule has 1 aromatic carbocycles. The SMILES string of the molecule is COc1nc(C(C)(C)C)cn1C(=O)NCCCOc1ccccc1. The molecule has 6 nitrogen and oxygen atoms in total. The first-order valence-corrected chi connectivity index (χ1v) is 8.01. The summed E-state index contributed by atoms with van der Waals surface area (Å²) in [6, 6.07) is 9.64. The van der Waals surface area contributed by atoms with Crippen LogP contribution in [-0.4, -0.2) is 35.8 Å². The van der Waals surface area contributed by atoms with E-state index in [2.05, 4.69) is 10.3 Å². The Morgan fingerprint density at radius 3 is 2.58 bits per heavy atom. The zero-order valence-corrected chi connectivity index (χ0v) is 14.7. The van der Waals surface area contributed by atoms with Gasteiger partial charge in [-0.2, -0.15) is 4.98 Å². The molecule has 0 aliphatic heterocycles. The fourth-order valence-corrected chi connectivity index (χ4v) is 2.07. The number of imidazole rings is 1. The first kappa shape index (κ1) is 17.8. The maximum absolute atomic E-state index is 12.3. The van der Waals surface area contributed by atoms with Crippen molar-refractivity contribution < 1.29 is 14.3 Å². The number of carbonyl (C=O) groups is 1. The highest BCUT2D eigenvalue weighted by Crippen LogP contribution is 2.23. The Balaban J connectivity index is 1.83. The molecule has 0 aliphatic rings. The number of hydrogen-bond donors (Lipinski definition) is 1. The highest BCUT2D eigenvalue weighted by atomic mass is 16.5. The van der Waals surface area contributed by atoms with E-state index in [-0.39, 0.29) is 17.5 Å². The molecule has 1 heterocycles. The summed E-state index contributed by atoms with van der Waals surface area (Å²) in [5.74, 6) is 0.829. The molecule has 0 aliphatic carbocycles. The van der Waals surface area contributed by atoms with E-state index in [4.69, 9.17) is 9.47 Å². The number of para-hydroxylation sites is 1. The minimum Gasteiger partial charge on any atom is -0.494 e. The molecule has 1 N–H and O–H groups in total. The van der Waals surface area contributed by atoms with Crippen molar-refractivity contribution in [1.82, 2.24) is 14.9 Å². The summed E-state index contributed by atoms with van der Waals surface area (Å²) in [6.45, 7) is 7.17. The fourth-order valence-electron chi connectivity index (χ4n) is 2.07. The van der Waals surface area contributed by atoms with Gasteiger partial charge in [-0.3, -0.25) is 0 Å². The second-order valence-electron chi connectivity index (χ2n) is 6.48. The first-order chi connectivity index (χ1) is 11.4. The van der Waals surface area contributed by atoms with Gasteiger partial charge in [-0.25, -0.2) is 9.36 Å². The summed E-state index contributed by atoms with van der Waals surface area (Å²) in [6.07, 6.45) is 2.43. The van der Waals surface area contributed by atoms with Gasteiger partial charge in [0.2, 0.25) is 0 Å². The number of nitrogens with one attached hydrogen (secondary N) is 1. The number of nitrogens with zero attached hydrogens (tertiary/aromatic N) is 2. The van der Waals surface area contributed by atoms with Gasteiger partial charge in [0.25, 0.3) is 0 Å². The Bertz CT molecular complexity index is 660. The van der Waals surface area contributed by atoms with Crippen LogP contribution in [0.4, 0.5) is 4.79 Å². The summed E-state index contributed by atoms with van der Waals surface area (Å²) in [4.78, 5) is 16.6. The monoisotopic (exact) mass is 331 g/mol. The van der Waals surface area contributed by atoms with Crippen LogP contribution in [0.3, 0.4) is 0 Å². The molecule has 130 valence electrons. The second kappa shape index (κ2) is 7.86. The molecule has 6 heteroatoms. The molecular weight excluding hydrogens is 306 g/mol. The zero-order valence-electron chi connectivity index (χ0n) is 14.7. The van der Waals surface area contributed by atoms with Crippen molar-refractivity contribution in [3.8, 4) is 11.8 Å². The standard InChI is InChI=1S/C18H25N3O3/c1-18(2,3)15-13-21(17(20-15)23-4)16(22)19-11-8-12-24-14-9-6-5-7-10-14/h5-7,9-10,13H,8,11-12H2,1-4H3,(H,19,22). The quantitative estimate of drug-likeness (QED) is 0.826. The van der Waals surface area contributed by atoms with E-state index < -0.39 is 0 Å². The van der Waals surface area contributed by atoms with Gasteiger partial charge in [-0.05, 0) is 18.6 Å². The van der Waals surface area contributed by atoms with Gasteiger partial charge in [0.05, 0.1) is 19.4 Å².